The van der Waals surface area contributed by atoms with E-state index in [-0.39, 0.29) is 12.5 Å². The van der Waals surface area contributed by atoms with Crippen LogP contribution in [0.4, 0.5) is 0 Å². The molecule has 2 unspecified atom stereocenters. The van der Waals surface area contributed by atoms with Gasteiger partial charge in [-0.3, -0.25) is 9.69 Å². The molecule has 0 fully saturated rings. The lowest BCUT2D eigenvalue weighted by Crippen LogP contribution is -2.42. The van der Waals surface area contributed by atoms with Gasteiger partial charge in [0.15, 0.2) is 0 Å². The number of imidazole rings is 1. The quantitative estimate of drug-likeness (QED) is 0.754. The van der Waals surface area contributed by atoms with Crippen LogP contribution in [0.25, 0.3) is 0 Å². The molecule has 0 saturated heterocycles. The Morgan fingerprint density at radius 1 is 1.31 bits per heavy atom. The van der Waals surface area contributed by atoms with E-state index in [1.807, 2.05) is 6.20 Å². The van der Waals surface area contributed by atoms with Gasteiger partial charge in [0.25, 0.3) is 5.91 Å². The molecule has 0 bridgehead atoms. The highest BCUT2D eigenvalue weighted by Crippen LogP contribution is 2.24. The molecule has 156 valence electrons. The predicted octanol–water partition coefficient (Wildman–Crippen LogP) is 2.39. The number of rotatable bonds is 7. The van der Waals surface area contributed by atoms with Gasteiger partial charge in [0.2, 0.25) is 0 Å². The van der Waals surface area contributed by atoms with E-state index in [1.54, 1.807) is 0 Å². The van der Waals surface area contributed by atoms with Gasteiger partial charge in [0.1, 0.15) is 11.5 Å². The molecule has 29 heavy (non-hydrogen) atoms. The number of fused-ring (bicyclic) bond motifs is 2. The standard InChI is InChI=1S/C23H32N4O2/c1-2-5-17-8-11-27-16-21(25-22(27)12-17)23(29)24-13-20(28)15-26-10-9-18-6-3-4-7-19(18)14-26/h3-4,6-7,16-17,20,28H,2,5,8-15H2,1H3,(H,24,29). The summed E-state index contributed by atoms with van der Waals surface area (Å²) in [5.74, 6) is 1.51. The van der Waals surface area contributed by atoms with E-state index in [4.69, 9.17) is 0 Å². The predicted molar refractivity (Wildman–Crippen MR) is 113 cm³/mol. The van der Waals surface area contributed by atoms with Crippen LogP contribution in [0.15, 0.2) is 30.5 Å². The van der Waals surface area contributed by atoms with Gasteiger partial charge in [-0.15, -0.1) is 0 Å². The minimum absolute atomic E-state index is 0.193. The van der Waals surface area contributed by atoms with Crippen molar-refractivity contribution >= 4 is 5.91 Å². The van der Waals surface area contributed by atoms with Crippen molar-refractivity contribution in [2.24, 2.45) is 5.92 Å². The molecule has 0 aliphatic carbocycles. The van der Waals surface area contributed by atoms with E-state index in [2.05, 4.69) is 51.0 Å². The molecule has 0 radical (unpaired) electrons. The smallest absolute Gasteiger partial charge is 0.271 e. The van der Waals surface area contributed by atoms with Crippen molar-refractivity contribution in [1.82, 2.24) is 19.8 Å². The maximum Gasteiger partial charge on any atom is 0.271 e. The Hall–Kier alpha value is -2.18. The maximum absolute atomic E-state index is 12.5. The Kier molecular flexibility index (Phi) is 6.31. The molecule has 1 amide bonds. The second-order valence-corrected chi connectivity index (χ2v) is 8.50. The number of hydrogen-bond acceptors (Lipinski definition) is 4. The van der Waals surface area contributed by atoms with Gasteiger partial charge in [-0.05, 0) is 29.9 Å². The highest BCUT2D eigenvalue weighted by Gasteiger charge is 2.23. The van der Waals surface area contributed by atoms with Crippen LogP contribution in [0.5, 0.6) is 0 Å². The fourth-order valence-electron chi connectivity index (χ4n) is 4.63. The summed E-state index contributed by atoms with van der Waals surface area (Å²) in [5.41, 5.74) is 3.20. The average Bonchev–Trinajstić information content (AvgIpc) is 3.16. The van der Waals surface area contributed by atoms with E-state index in [0.717, 1.165) is 44.7 Å². The van der Waals surface area contributed by atoms with Crippen LogP contribution in [0.3, 0.4) is 0 Å². The summed E-state index contributed by atoms with van der Waals surface area (Å²) < 4.78 is 2.11. The molecule has 2 aromatic rings. The van der Waals surface area contributed by atoms with Crippen LogP contribution in [0, 0.1) is 5.92 Å². The van der Waals surface area contributed by atoms with Gasteiger partial charge < -0.3 is 15.0 Å². The number of aliphatic hydroxyl groups is 1. The van der Waals surface area contributed by atoms with Crippen LogP contribution in [0.1, 0.15) is 53.6 Å². The van der Waals surface area contributed by atoms with Crippen LogP contribution < -0.4 is 5.32 Å². The van der Waals surface area contributed by atoms with Crippen LogP contribution in [0.2, 0.25) is 0 Å². The average molecular weight is 397 g/mol. The SMILES string of the molecule is CCCC1CCn2cc(C(=O)NCC(O)CN3CCc4ccccc4C3)nc2C1. The summed E-state index contributed by atoms with van der Waals surface area (Å²) in [4.78, 5) is 19.3. The molecule has 2 N–H and O–H groups in total. The van der Waals surface area contributed by atoms with Crippen molar-refractivity contribution in [3.63, 3.8) is 0 Å². The first-order valence-corrected chi connectivity index (χ1v) is 10.9. The topological polar surface area (TPSA) is 70.4 Å². The van der Waals surface area contributed by atoms with Gasteiger partial charge in [-0.2, -0.15) is 0 Å². The molecule has 0 spiro atoms. The lowest BCUT2D eigenvalue weighted by molar-refractivity contribution is 0.0838. The largest absolute Gasteiger partial charge is 0.390 e. The summed E-state index contributed by atoms with van der Waals surface area (Å²) in [5, 5.41) is 13.3. The zero-order valence-electron chi connectivity index (χ0n) is 17.3. The highest BCUT2D eigenvalue weighted by molar-refractivity contribution is 5.92. The highest BCUT2D eigenvalue weighted by atomic mass is 16.3. The summed E-state index contributed by atoms with van der Waals surface area (Å²) >= 11 is 0. The van der Waals surface area contributed by atoms with Gasteiger partial charge >= 0.3 is 0 Å². The number of hydrogen-bond donors (Lipinski definition) is 2. The Balaban J connectivity index is 1.26. The maximum atomic E-state index is 12.5. The molecular weight excluding hydrogens is 364 g/mol. The Morgan fingerprint density at radius 3 is 2.97 bits per heavy atom. The molecule has 2 atom stereocenters. The molecule has 6 nitrogen and oxygen atoms in total. The monoisotopic (exact) mass is 396 g/mol. The summed E-state index contributed by atoms with van der Waals surface area (Å²) in [6.45, 7) is 5.76. The Bertz CT molecular complexity index is 847. The number of benzene rings is 1. The lowest BCUT2D eigenvalue weighted by atomic mass is 9.93. The molecule has 1 aromatic carbocycles. The van der Waals surface area contributed by atoms with Gasteiger partial charge in [0, 0.05) is 45.3 Å². The third kappa shape index (κ3) is 4.87. The number of β-amino-alcohol motifs (C(OH)–C–C–N with tert-alkyl or cyclic N) is 1. The van der Waals surface area contributed by atoms with Gasteiger partial charge in [0.05, 0.1) is 6.10 Å². The molecule has 0 saturated carbocycles. The van der Waals surface area contributed by atoms with E-state index in [1.165, 1.54) is 24.0 Å². The number of aromatic nitrogens is 2. The first-order chi connectivity index (χ1) is 14.1. The fourth-order valence-corrected chi connectivity index (χ4v) is 4.63. The van der Waals surface area contributed by atoms with Crippen LogP contribution >= 0.6 is 0 Å². The summed E-state index contributed by atoms with van der Waals surface area (Å²) in [6, 6.07) is 8.48. The molecule has 1 aromatic heterocycles. The van der Waals surface area contributed by atoms with E-state index >= 15 is 0 Å². The van der Waals surface area contributed by atoms with Gasteiger partial charge in [-0.25, -0.2) is 4.98 Å². The summed E-state index contributed by atoms with van der Waals surface area (Å²) in [6.07, 6.45) is 6.82. The zero-order chi connectivity index (χ0) is 20.2. The summed E-state index contributed by atoms with van der Waals surface area (Å²) in [7, 11) is 0. The minimum atomic E-state index is -0.588. The van der Waals surface area contributed by atoms with Crippen molar-refractivity contribution in [1.29, 1.82) is 0 Å². The van der Waals surface area contributed by atoms with E-state index in [0.29, 0.717) is 18.2 Å². The number of amides is 1. The zero-order valence-corrected chi connectivity index (χ0v) is 17.3. The van der Waals surface area contributed by atoms with Crippen molar-refractivity contribution in [2.45, 2.75) is 58.2 Å². The number of aliphatic hydroxyl groups excluding tert-OH is 1. The normalized spacial score (nSPS) is 20.0. The van der Waals surface area contributed by atoms with Crippen molar-refractivity contribution in [3.8, 4) is 0 Å². The Morgan fingerprint density at radius 2 is 2.14 bits per heavy atom. The first kappa shape index (κ1) is 20.1. The fraction of sp³-hybridized carbons (Fsp3) is 0.565. The third-order valence-electron chi connectivity index (χ3n) is 6.22. The molecule has 6 heteroatoms. The molecular formula is C23H32N4O2. The van der Waals surface area contributed by atoms with Crippen molar-refractivity contribution in [2.75, 3.05) is 19.6 Å². The van der Waals surface area contributed by atoms with Crippen LogP contribution in [-0.2, 0) is 25.9 Å². The van der Waals surface area contributed by atoms with Crippen LogP contribution in [-0.4, -0.2) is 51.2 Å². The first-order valence-electron chi connectivity index (χ1n) is 10.9. The number of nitrogens with zero attached hydrogens (tertiary/aromatic N) is 3. The Labute approximate surface area is 172 Å². The number of carbonyl (C=O) groups excluding carboxylic acids is 1. The number of nitrogens with one attached hydrogen (secondary N) is 1. The molecule has 3 heterocycles. The second-order valence-electron chi connectivity index (χ2n) is 8.50. The second kappa shape index (κ2) is 9.09. The van der Waals surface area contributed by atoms with Crippen molar-refractivity contribution in [3.05, 3.63) is 53.1 Å². The van der Waals surface area contributed by atoms with E-state index < -0.39 is 6.10 Å². The third-order valence-corrected chi connectivity index (χ3v) is 6.22. The number of carbonyl (C=O) groups is 1. The van der Waals surface area contributed by atoms with Crippen molar-refractivity contribution < 1.29 is 9.90 Å². The molecule has 4 rings (SSSR count). The molecule has 2 aliphatic rings. The molecule has 2 aliphatic heterocycles. The minimum Gasteiger partial charge on any atom is -0.390 e. The van der Waals surface area contributed by atoms with Gasteiger partial charge in [-0.1, -0.05) is 44.0 Å². The number of aryl methyl sites for hydroxylation is 1. The van der Waals surface area contributed by atoms with E-state index in [9.17, 15) is 9.90 Å². The lowest BCUT2D eigenvalue weighted by Gasteiger charge is -2.30.